The van der Waals surface area contributed by atoms with E-state index in [2.05, 4.69) is 5.32 Å². The number of hydrogen-bond donors (Lipinski definition) is 2. The minimum Gasteiger partial charge on any atom is -0.386 e. The summed E-state index contributed by atoms with van der Waals surface area (Å²) in [5.41, 5.74) is 1.03. The van der Waals surface area contributed by atoms with E-state index in [4.69, 9.17) is 0 Å². The highest BCUT2D eigenvalue weighted by Crippen LogP contribution is 2.29. The summed E-state index contributed by atoms with van der Waals surface area (Å²) in [6.45, 7) is 9.13. The van der Waals surface area contributed by atoms with E-state index in [-0.39, 0.29) is 23.3 Å². The zero-order chi connectivity index (χ0) is 21.6. The highest BCUT2D eigenvalue weighted by Gasteiger charge is 2.42. The van der Waals surface area contributed by atoms with Crippen molar-refractivity contribution in [2.24, 2.45) is 0 Å². The summed E-state index contributed by atoms with van der Waals surface area (Å²) in [6.07, 6.45) is 0. The van der Waals surface area contributed by atoms with Crippen LogP contribution >= 0.6 is 0 Å². The Morgan fingerprint density at radius 1 is 0.931 bits per heavy atom. The summed E-state index contributed by atoms with van der Waals surface area (Å²) >= 11 is 0. The molecule has 0 radical (unpaired) electrons. The second-order valence-electron chi connectivity index (χ2n) is 8.82. The molecule has 1 aliphatic rings. The fourth-order valence-corrected chi connectivity index (χ4v) is 3.31. The fraction of sp³-hybridized carbons (Fsp3) is 0.348. The molecule has 0 fully saturated rings. The number of imide groups is 1. The molecule has 2 aromatic carbocycles. The van der Waals surface area contributed by atoms with Gasteiger partial charge in [-0.1, -0.05) is 24.3 Å². The number of hydrogen-bond acceptors (Lipinski definition) is 4. The number of amides is 3. The minimum atomic E-state index is -0.920. The molecule has 0 aliphatic carbocycles. The third kappa shape index (κ3) is 4.07. The van der Waals surface area contributed by atoms with E-state index in [1.165, 1.54) is 17.0 Å². The van der Waals surface area contributed by atoms with Gasteiger partial charge in [0, 0.05) is 17.6 Å². The predicted molar refractivity (Wildman–Crippen MR) is 110 cm³/mol. The Balaban J connectivity index is 1.73. The van der Waals surface area contributed by atoms with Crippen LogP contribution in [0.15, 0.2) is 42.5 Å². The highest BCUT2D eigenvalue weighted by molar-refractivity contribution is 6.22. The van der Waals surface area contributed by atoms with Crippen molar-refractivity contribution in [3.8, 4) is 0 Å². The van der Waals surface area contributed by atoms with E-state index < -0.39 is 11.1 Å². The molecule has 6 nitrogen and oxygen atoms in total. The second-order valence-corrected chi connectivity index (χ2v) is 8.82. The largest absolute Gasteiger partial charge is 0.386 e. The lowest BCUT2D eigenvalue weighted by Crippen LogP contribution is -2.45. The summed E-state index contributed by atoms with van der Waals surface area (Å²) in [5.74, 6) is -1.04. The quantitative estimate of drug-likeness (QED) is 0.780. The third-order valence-electron chi connectivity index (χ3n) is 4.93. The van der Waals surface area contributed by atoms with E-state index in [1.54, 1.807) is 40.7 Å². The summed E-state index contributed by atoms with van der Waals surface area (Å²) in [5, 5.41) is 12.8. The average molecular weight is 394 g/mol. The van der Waals surface area contributed by atoms with Crippen LogP contribution in [-0.2, 0) is 12.1 Å². The molecule has 152 valence electrons. The predicted octanol–water partition coefficient (Wildman–Crippen LogP) is 3.24. The second kappa shape index (κ2) is 7.12. The molecule has 29 heavy (non-hydrogen) atoms. The summed E-state index contributed by atoms with van der Waals surface area (Å²) in [4.78, 5) is 39.0. The molecule has 0 unspecified atom stereocenters. The van der Waals surface area contributed by atoms with Gasteiger partial charge in [-0.15, -0.1) is 0 Å². The lowest BCUT2D eigenvalue weighted by Gasteiger charge is -2.29. The van der Waals surface area contributed by atoms with Crippen LogP contribution in [0.25, 0.3) is 0 Å². The van der Waals surface area contributed by atoms with Gasteiger partial charge in [0.15, 0.2) is 0 Å². The lowest BCUT2D eigenvalue weighted by atomic mass is 9.97. The van der Waals surface area contributed by atoms with Gasteiger partial charge < -0.3 is 10.4 Å². The van der Waals surface area contributed by atoms with Crippen LogP contribution in [0.5, 0.6) is 0 Å². The zero-order valence-corrected chi connectivity index (χ0v) is 17.4. The summed E-state index contributed by atoms with van der Waals surface area (Å²) in [6, 6.07) is 11.9. The molecule has 0 spiro atoms. The number of aliphatic hydroxyl groups is 1. The van der Waals surface area contributed by atoms with Crippen molar-refractivity contribution >= 4 is 17.7 Å². The molecule has 0 saturated heterocycles. The molecule has 1 heterocycles. The number of nitrogens with one attached hydrogen (secondary N) is 1. The van der Waals surface area contributed by atoms with Crippen LogP contribution in [-0.4, -0.2) is 33.3 Å². The highest BCUT2D eigenvalue weighted by atomic mass is 16.3. The van der Waals surface area contributed by atoms with Gasteiger partial charge >= 0.3 is 0 Å². The van der Waals surface area contributed by atoms with Crippen LogP contribution in [0.1, 0.15) is 76.8 Å². The number of benzene rings is 2. The molecule has 3 amide bonds. The first-order valence-electron chi connectivity index (χ1n) is 9.52. The van der Waals surface area contributed by atoms with Gasteiger partial charge in [0.1, 0.15) is 0 Å². The van der Waals surface area contributed by atoms with Crippen LogP contribution in [0, 0.1) is 0 Å². The molecule has 2 aromatic rings. The Bertz CT molecular complexity index is 979. The van der Waals surface area contributed by atoms with Crippen LogP contribution in [0.2, 0.25) is 0 Å². The van der Waals surface area contributed by atoms with Gasteiger partial charge in [0.25, 0.3) is 17.7 Å². The molecule has 6 heteroatoms. The van der Waals surface area contributed by atoms with Crippen LogP contribution in [0.3, 0.4) is 0 Å². The molecule has 0 atom stereocenters. The van der Waals surface area contributed by atoms with E-state index in [1.807, 2.05) is 24.3 Å². The SMILES string of the molecule is CC(C)(O)c1ccc(CNC(=O)c2ccc3c(c2)C(=O)N(C(C)(C)C)C3=O)cc1. The van der Waals surface area contributed by atoms with Crippen LogP contribution in [0.4, 0.5) is 0 Å². The smallest absolute Gasteiger partial charge is 0.262 e. The number of nitrogens with zero attached hydrogens (tertiary/aromatic N) is 1. The molecular weight excluding hydrogens is 368 g/mol. The lowest BCUT2D eigenvalue weighted by molar-refractivity contribution is 0.0507. The number of carbonyl (C=O) groups is 3. The molecule has 1 aliphatic heterocycles. The Morgan fingerprint density at radius 2 is 1.52 bits per heavy atom. The van der Waals surface area contributed by atoms with E-state index >= 15 is 0 Å². The van der Waals surface area contributed by atoms with Gasteiger partial charge in [0.2, 0.25) is 0 Å². The molecule has 0 aromatic heterocycles. The van der Waals surface area contributed by atoms with Crippen molar-refractivity contribution in [2.45, 2.75) is 52.3 Å². The Hall–Kier alpha value is -2.99. The molecule has 2 N–H and O–H groups in total. The monoisotopic (exact) mass is 394 g/mol. The Morgan fingerprint density at radius 3 is 2.07 bits per heavy atom. The van der Waals surface area contributed by atoms with Gasteiger partial charge in [-0.25, -0.2) is 0 Å². The van der Waals surface area contributed by atoms with Gasteiger partial charge in [0.05, 0.1) is 16.7 Å². The average Bonchev–Trinajstić information content (AvgIpc) is 2.89. The first-order chi connectivity index (χ1) is 13.4. The first-order valence-corrected chi connectivity index (χ1v) is 9.52. The first kappa shape index (κ1) is 20.7. The third-order valence-corrected chi connectivity index (χ3v) is 4.93. The van der Waals surface area contributed by atoms with Crippen molar-refractivity contribution in [3.63, 3.8) is 0 Å². The normalized spacial score (nSPS) is 14.2. The van der Waals surface area contributed by atoms with Crippen LogP contribution < -0.4 is 5.32 Å². The van der Waals surface area contributed by atoms with Gasteiger partial charge in [-0.3, -0.25) is 19.3 Å². The van der Waals surface area contributed by atoms with Crippen molar-refractivity contribution in [1.82, 2.24) is 10.2 Å². The minimum absolute atomic E-state index is 0.257. The van der Waals surface area contributed by atoms with E-state index in [9.17, 15) is 19.5 Å². The summed E-state index contributed by atoms with van der Waals surface area (Å²) in [7, 11) is 0. The topological polar surface area (TPSA) is 86.7 Å². The number of carbonyl (C=O) groups excluding carboxylic acids is 3. The van der Waals surface area contributed by atoms with E-state index in [0.717, 1.165) is 11.1 Å². The maximum Gasteiger partial charge on any atom is 0.262 e. The van der Waals surface area contributed by atoms with Gasteiger partial charge in [-0.05, 0) is 63.9 Å². The maximum absolute atomic E-state index is 12.7. The Kier molecular flexibility index (Phi) is 5.09. The van der Waals surface area contributed by atoms with E-state index in [0.29, 0.717) is 17.7 Å². The molecular formula is C23H26N2O4. The molecule has 0 bridgehead atoms. The number of rotatable bonds is 4. The number of fused-ring (bicyclic) bond motifs is 1. The summed E-state index contributed by atoms with van der Waals surface area (Å²) < 4.78 is 0. The maximum atomic E-state index is 12.7. The van der Waals surface area contributed by atoms with Crippen molar-refractivity contribution in [3.05, 3.63) is 70.3 Å². The standard InChI is InChI=1S/C23H26N2O4/c1-22(2,3)25-20(27)17-11-8-15(12-18(17)21(25)28)19(26)24-13-14-6-9-16(10-7-14)23(4,5)29/h6-12,29H,13H2,1-5H3,(H,24,26). The van der Waals surface area contributed by atoms with Crippen molar-refractivity contribution in [1.29, 1.82) is 0 Å². The van der Waals surface area contributed by atoms with Crippen molar-refractivity contribution < 1.29 is 19.5 Å². The molecule has 3 rings (SSSR count). The van der Waals surface area contributed by atoms with Crippen molar-refractivity contribution in [2.75, 3.05) is 0 Å². The fourth-order valence-electron chi connectivity index (χ4n) is 3.31. The Labute approximate surface area is 170 Å². The van der Waals surface area contributed by atoms with Gasteiger partial charge in [-0.2, -0.15) is 0 Å². The molecule has 0 saturated carbocycles. The zero-order valence-electron chi connectivity index (χ0n) is 17.4.